The molecule has 0 spiro atoms. The van der Waals surface area contributed by atoms with Gasteiger partial charge in [0.2, 0.25) is 0 Å². The molecule has 0 atom stereocenters. The number of benzene rings is 1. The van der Waals surface area contributed by atoms with Crippen LogP contribution in [0.2, 0.25) is 0 Å². The van der Waals surface area contributed by atoms with Gasteiger partial charge >= 0.3 is 12.1 Å². The van der Waals surface area contributed by atoms with Crippen LogP contribution >= 0.6 is 0 Å². The molecule has 30 heavy (non-hydrogen) atoms. The average molecular weight is 422 g/mol. The number of carbonyl (C=O) groups is 1. The summed E-state index contributed by atoms with van der Waals surface area (Å²) in [5, 5.41) is -0.106. The third-order valence-corrected chi connectivity index (χ3v) is 4.63. The number of nitrogens with zero attached hydrogens (tertiary/aromatic N) is 2. The summed E-state index contributed by atoms with van der Waals surface area (Å²) in [7, 11) is 1.49. The van der Waals surface area contributed by atoms with Gasteiger partial charge in [-0.3, -0.25) is 9.36 Å². The molecule has 3 aromatic rings. The molecule has 0 aliphatic heterocycles. The van der Waals surface area contributed by atoms with Gasteiger partial charge in [0, 0.05) is 18.4 Å². The van der Waals surface area contributed by atoms with Crippen molar-refractivity contribution in [2.24, 2.45) is 7.05 Å². The number of hydrogen-bond donors (Lipinski definition) is 0. The normalized spacial score (nSPS) is 11.7. The summed E-state index contributed by atoms with van der Waals surface area (Å²) >= 11 is 0. The fourth-order valence-electron chi connectivity index (χ4n) is 3.36. The molecule has 6 nitrogen and oxygen atoms in total. The van der Waals surface area contributed by atoms with Crippen molar-refractivity contribution >= 4 is 16.9 Å². The van der Waals surface area contributed by atoms with Gasteiger partial charge in [0.05, 0.1) is 12.1 Å². The van der Waals surface area contributed by atoms with E-state index in [2.05, 4.69) is 0 Å². The van der Waals surface area contributed by atoms with Crippen LogP contribution in [-0.4, -0.2) is 34.5 Å². The predicted molar refractivity (Wildman–Crippen MR) is 105 cm³/mol. The van der Waals surface area contributed by atoms with Gasteiger partial charge in [-0.05, 0) is 31.5 Å². The van der Waals surface area contributed by atoms with Gasteiger partial charge in [-0.2, -0.15) is 13.2 Å². The smallest absolute Gasteiger partial charge is 0.422 e. The zero-order valence-electron chi connectivity index (χ0n) is 16.7. The van der Waals surface area contributed by atoms with E-state index >= 15 is 0 Å². The van der Waals surface area contributed by atoms with Crippen molar-refractivity contribution in [3.63, 3.8) is 0 Å². The maximum Gasteiger partial charge on any atom is 0.422 e. The van der Waals surface area contributed by atoms with Crippen molar-refractivity contribution in [1.29, 1.82) is 0 Å². The Morgan fingerprint density at radius 1 is 1.13 bits per heavy atom. The SMILES string of the molecule is CCOC(=O)c1c(OCC(F)(F)F)c2c(=O)n(-c3ccccc3)c(CC)cc2n1C. The summed E-state index contributed by atoms with van der Waals surface area (Å²) < 4.78 is 51.3. The standard InChI is InChI=1S/C21H21F3N2O4/c1-4-13-11-15-16(19(27)26(13)14-9-7-6-8-10-14)18(30-12-21(22,23)24)17(25(15)3)20(28)29-5-2/h6-11H,4-5,12H2,1-3H3. The number of para-hydroxylation sites is 1. The second kappa shape index (κ2) is 8.25. The van der Waals surface area contributed by atoms with Gasteiger partial charge < -0.3 is 14.0 Å². The highest BCUT2D eigenvalue weighted by molar-refractivity contribution is 6.01. The van der Waals surface area contributed by atoms with Gasteiger partial charge in [-0.15, -0.1) is 0 Å². The number of hydrogen-bond acceptors (Lipinski definition) is 4. The number of pyridine rings is 1. The van der Waals surface area contributed by atoms with Crippen LogP contribution in [0.3, 0.4) is 0 Å². The van der Waals surface area contributed by atoms with Crippen molar-refractivity contribution in [2.75, 3.05) is 13.2 Å². The van der Waals surface area contributed by atoms with Gasteiger partial charge in [0.25, 0.3) is 5.56 Å². The van der Waals surface area contributed by atoms with E-state index in [1.807, 2.05) is 6.92 Å². The Bertz CT molecular complexity index is 1130. The van der Waals surface area contributed by atoms with Crippen LogP contribution < -0.4 is 10.3 Å². The lowest BCUT2D eigenvalue weighted by atomic mass is 10.2. The van der Waals surface area contributed by atoms with E-state index in [9.17, 15) is 22.8 Å². The number of fused-ring (bicyclic) bond motifs is 1. The maximum atomic E-state index is 13.4. The molecule has 0 saturated heterocycles. The van der Waals surface area contributed by atoms with Gasteiger partial charge in [0.1, 0.15) is 5.39 Å². The van der Waals surface area contributed by atoms with E-state index in [1.54, 1.807) is 43.3 Å². The molecule has 0 saturated carbocycles. The number of aryl methyl sites for hydroxylation is 2. The van der Waals surface area contributed by atoms with Crippen molar-refractivity contribution in [1.82, 2.24) is 9.13 Å². The summed E-state index contributed by atoms with van der Waals surface area (Å²) in [6.07, 6.45) is -4.16. The van der Waals surface area contributed by atoms with Gasteiger partial charge in [-0.25, -0.2) is 4.79 Å². The first-order chi connectivity index (χ1) is 14.2. The fourth-order valence-corrected chi connectivity index (χ4v) is 3.36. The lowest BCUT2D eigenvalue weighted by molar-refractivity contribution is -0.153. The summed E-state index contributed by atoms with van der Waals surface area (Å²) in [6.45, 7) is 1.82. The van der Waals surface area contributed by atoms with Gasteiger partial charge in [0.15, 0.2) is 18.1 Å². The largest absolute Gasteiger partial charge is 0.481 e. The van der Waals surface area contributed by atoms with Crippen LogP contribution in [-0.2, 0) is 18.2 Å². The van der Waals surface area contributed by atoms with E-state index in [0.717, 1.165) is 0 Å². The molecule has 0 unspecified atom stereocenters. The Morgan fingerprint density at radius 3 is 2.37 bits per heavy atom. The number of esters is 1. The molecule has 0 aliphatic rings. The minimum Gasteiger partial charge on any atom is -0.481 e. The first-order valence-corrected chi connectivity index (χ1v) is 9.39. The topological polar surface area (TPSA) is 62.5 Å². The van der Waals surface area contributed by atoms with E-state index in [4.69, 9.17) is 9.47 Å². The third-order valence-electron chi connectivity index (χ3n) is 4.63. The second-order valence-corrected chi connectivity index (χ2v) is 6.59. The number of ether oxygens (including phenoxy) is 2. The molecule has 0 fully saturated rings. The lowest BCUT2D eigenvalue weighted by Crippen LogP contribution is -2.23. The minimum atomic E-state index is -4.64. The molecule has 2 heterocycles. The van der Waals surface area contributed by atoms with Crippen LogP contribution in [0.4, 0.5) is 13.2 Å². The first-order valence-electron chi connectivity index (χ1n) is 9.39. The zero-order valence-corrected chi connectivity index (χ0v) is 16.7. The molecule has 2 aromatic heterocycles. The second-order valence-electron chi connectivity index (χ2n) is 6.59. The third kappa shape index (κ3) is 3.92. The number of halogens is 3. The number of rotatable bonds is 6. The molecule has 0 bridgehead atoms. The van der Waals surface area contributed by atoms with Crippen LogP contribution in [0.1, 0.15) is 30.0 Å². The quantitative estimate of drug-likeness (QED) is 0.563. The predicted octanol–water partition coefficient (Wildman–Crippen LogP) is 4.01. The molecule has 3 rings (SSSR count). The Hall–Kier alpha value is -3.23. The summed E-state index contributed by atoms with van der Waals surface area (Å²) in [5.74, 6) is -1.29. The molecule has 0 radical (unpaired) electrons. The summed E-state index contributed by atoms with van der Waals surface area (Å²) in [5.41, 5.74) is 0.686. The maximum absolute atomic E-state index is 13.4. The highest BCUT2D eigenvalue weighted by Crippen LogP contribution is 2.33. The molecule has 9 heteroatoms. The lowest BCUT2D eigenvalue weighted by Gasteiger charge is -2.13. The monoisotopic (exact) mass is 422 g/mol. The Kier molecular flexibility index (Phi) is 5.91. The van der Waals surface area contributed by atoms with Crippen molar-refractivity contribution in [3.8, 4) is 11.4 Å². The van der Waals surface area contributed by atoms with Crippen LogP contribution in [0.25, 0.3) is 16.6 Å². The van der Waals surface area contributed by atoms with Crippen LogP contribution in [0.5, 0.6) is 5.75 Å². The van der Waals surface area contributed by atoms with Gasteiger partial charge in [-0.1, -0.05) is 25.1 Å². The van der Waals surface area contributed by atoms with E-state index in [-0.39, 0.29) is 17.7 Å². The molecule has 0 amide bonds. The molecule has 160 valence electrons. The molecular formula is C21H21F3N2O4. The Labute approximate surface area is 170 Å². The highest BCUT2D eigenvalue weighted by Gasteiger charge is 2.33. The van der Waals surface area contributed by atoms with Crippen molar-refractivity contribution in [3.05, 3.63) is 58.1 Å². The van der Waals surface area contributed by atoms with E-state index < -0.39 is 30.1 Å². The zero-order chi connectivity index (χ0) is 22.1. The summed E-state index contributed by atoms with van der Waals surface area (Å²) in [4.78, 5) is 25.9. The fraction of sp³-hybridized carbons (Fsp3) is 0.333. The highest BCUT2D eigenvalue weighted by atomic mass is 19.4. The van der Waals surface area contributed by atoms with Crippen LogP contribution in [0.15, 0.2) is 41.2 Å². The van der Waals surface area contributed by atoms with E-state index in [1.165, 1.54) is 16.2 Å². The number of alkyl halides is 3. The Morgan fingerprint density at radius 2 is 1.80 bits per heavy atom. The first kappa shape index (κ1) is 21.5. The average Bonchev–Trinajstić information content (AvgIpc) is 2.98. The molecule has 0 aliphatic carbocycles. The van der Waals surface area contributed by atoms with Crippen LogP contribution in [0, 0.1) is 0 Å². The minimum absolute atomic E-state index is 0.0214. The van der Waals surface area contributed by atoms with Crippen molar-refractivity contribution in [2.45, 2.75) is 26.4 Å². The number of carbonyl (C=O) groups excluding carboxylic acids is 1. The molecule has 0 N–H and O–H groups in total. The van der Waals surface area contributed by atoms with Crippen molar-refractivity contribution < 1.29 is 27.4 Å². The molecular weight excluding hydrogens is 401 g/mol. The van der Waals surface area contributed by atoms with E-state index in [0.29, 0.717) is 23.3 Å². The summed E-state index contributed by atoms with van der Waals surface area (Å²) in [6, 6.07) is 10.4. The number of aromatic nitrogens is 2. The molecule has 1 aromatic carbocycles. The Balaban J connectivity index is 2.37.